The smallest absolute Gasteiger partial charge is 0.323 e. The Morgan fingerprint density at radius 2 is 2.11 bits per heavy atom. The SMILES string of the molecule is CCOC(=O)[C@@H](N)CSC1CC(C)CCC1C(C)C. The van der Waals surface area contributed by atoms with Gasteiger partial charge in [-0.25, -0.2) is 0 Å². The van der Waals surface area contributed by atoms with Gasteiger partial charge >= 0.3 is 5.97 Å². The predicted octanol–water partition coefficient (Wildman–Crippen LogP) is 3.07. The fraction of sp³-hybridized carbons (Fsp3) is 0.933. The van der Waals surface area contributed by atoms with E-state index in [4.69, 9.17) is 10.5 Å². The summed E-state index contributed by atoms with van der Waals surface area (Å²) in [4.78, 5) is 11.5. The first-order valence-corrected chi connectivity index (χ1v) is 8.54. The monoisotopic (exact) mass is 287 g/mol. The van der Waals surface area contributed by atoms with Crippen LogP contribution in [0.25, 0.3) is 0 Å². The number of rotatable bonds is 6. The molecule has 0 heterocycles. The van der Waals surface area contributed by atoms with Crippen LogP contribution in [0.5, 0.6) is 0 Å². The summed E-state index contributed by atoms with van der Waals surface area (Å²) in [6, 6.07) is -0.477. The Morgan fingerprint density at radius 1 is 1.42 bits per heavy atom. The van der Waals surface area contributed by atoms with Crippen LogP contribution in [0.4, 0.5) is 0 Å². The number of esters is 1. The van der Waals surface area contributed by atoms with Crippen molar-refractivity contribution in [2.75, 3.05) is 12.4 Å². The summed E-state index contributed by atoms with van der Waals surface area (Å²) in [5.41, 5.74) is 5.88. The highest BCUT2D eigenvalue weighted by atomic mass is 32.2. The highest BCUT2D eigenvalue weighted by Crippen LogP contribution is 2.40. The minimum absolute atomic E-state index is 0.264. The van der Waals surface area contributed by atoms with Gasteiger partial charge in [0.1, 0.15) is 6.04 Å². The van der Waals surface area contributed by atoms with Crippen molar-refractivity contribution in [1.29, 1.82) is 0 Å². The molecule has 112 valence electrons. The molecule has 1 saturated carbocycles. The minimum atomic E-state index is -0.477. The summed E-state index contributed by atoms with van der Waals surface area (Å²) in [6.45, 7) is 9.16. The van der Waals surface area contributed by atoms with Crippen LogP contribution < -0.4 is 5.73 Å². The molecule has 1 aliphatic carbocycles. The molecule has 2 N–H and O–H groups in total. The van der Waals surface area contributed by atoms with Gasteiger partial charge in [-0.2, -0.15) is 11.8 Å². The zero-order chi connectivity index (χ0) is 14.4. The third-order valence-electron chi connectivity index (χ3n) is 4.04. The van der Waals surface area contributed by atoms with E-state index in [0.29, 0.717) is 23.5 Å². The van der Waals surface area contributed by atoms with Gasteiger partial charge in [0.2, 0.25) is 0 Å². The number of carbonyl (C=O) groups excluding carboxylic acids is 1. The lowest BCUT2D eigenvalue weighted by molar-refractivity contribution is -0.144. The average Bonchev–Trinajstić information content (AvgIpc) is 2.35. The van der Waals surface area contributed by atoms with Gasteiger partial charge in [0, 0.05) is 11.0 Å². The third kappa shape index (κ3) is 5.35. The molecule has 0 saturated heterocycles. The van der Waals surface area contributed by atoms with Gasteiger partial charge in [0.25, 0.3) is 0 Å². The lowest BCUT2D eigenvalue weighted by atomic mass is 9.77. The quantitative estimate of drug-likeness (QED) is 0.763. The molecule has 0 bridgehead atoms. The number of nitrogens with two attached hydrogens (primary N) is 1. The summed E-state index contributed by atoms with van der Waals surface area (Å²) in [7, 11) is 0. The van der Waals surface area contributed by atoms with Crippen LogP contribution in [0.15, 0.2) is 0 Å². The van der Waals surface area contributed by atoms with Gasteiger partial charge in [-0.15, -0.1) is 0 Å². The molecular weight excluding hydrogens is 258 g/mol. The Bertz CT molecular complexity index is 283. The molecule has 0 amide bonds. The summed E-state index contributed by atoms with van der Waals surface area (Å²) in [5.74, 6) is 2.69. The first kappa shape index (κ1) is 16.8. The van der Waals surface area contributed by atoms with Crippen molar-refractivity contribution in [3.8, 4) is 0 Å². The van der Waals surface area contributed by atoms with Crippen LogP contribution in [-0.4, -0.2) is 29.6 Å². The second-order valence-corrected chi connectivity index (χ2v) is 7.33. The zero-order valence-corrected chi connectivity index (χ0v) is 13.5. The minimum Gasteiger partial charge on any atom is -0.465 e. The van der Waals surface area contributed by atoms with Gasteiger partial charge in [-0.1, -0.05) is 27.2 Å². The highest BCUT2D eigenvalue weighted by molar-refractivity contribution is 8.00. The van der Waals surface area contributed by atoms with E-state index in [1.807, 2.05) is 18.7 Å². The first-order chi connectivity index (χ1) is 8.95. The van der Waals surface area contributed by atoms with Crippen LogP contribution in [0.1, 0.15) is 47.0 Å². The fourth-order valence-electron chi connectivity index (χ4n) is 2.85. The molecule has 0 spiro atoms. The molecule has 0 aromatic carbocycles. The van der Waals surface area contributed by atoms with E-state index < -0.39 is 6.04 Å². The third-order valence-corrected chi connectivity index (χ3v) is 5.56. The standard InChI is InChI=1S/C15H29NO2S/c1-5-18-15(17)13(16)9-19-14-8-11(4)6-7-12(14)10(2)3/h10-14H,5-9,16H2,1-4H3/t11?,12?,13-,14?/m0/s1. The van der Waals surface area contributed by atoms with Gasteiger partial charge in [-0.05, 0) is 37.5 Å². The highest BCUT2D eigenvalue weighted by Gasteiger charge is 2.31. The number of thioether (sulfide) groups is 1. The topological polar surface area (TPSA) is 52.3 Å². The molecule has 0 aromatic heterocycles. The number of hydrogen-bond acceptors (Lipinski definition) is 4. The van der Waals surface area contributed by atoms with Gasteiger partial charge < -0.3 is 10.5 Å². The maximum absolute atomic E-state index is 11.5. The summed E-state index contributed by atoms with van der Waals surface area (Å²) >= 11 is 1.87. The molecule has 4 atom stereocenters. The van der Waals surface area contributed by atoms with E-state index in [-0.39, 0.29) is 5.97 Å². The van der Waals surface area contributed by atoms with Crippen LogP contribution >= 0.6 is 11.8 Å². The first-order valence-electron chi connectivity index (χ1n) is 7.49. The van der Waals surface area contributed by atoms with Crippen molar-refractivity contribution in [1.82, 2.24) is 0 Å². The number of ether oxygens (including phenoxy) is 1. The second kappa shape index (κ2) is 8.15. The van der Waals surface area contributed by atoms with Gasteiger partial charge in [0.15, 0.2) is 0 Å². The molecule has 3 unspecified atom stereocenters. The molecule has 1 aliphatic rings. The molecule has 0 radical (unpaired) electrons. The van der Waals surface area contributed by atoms with Crippen molar-refractivity contribution in [2.24, 2.45) is 23.5 Å². The van der Waals surface area contributed by atoms with Crippen molar-refractivity contribution in [3.63, 3.8) is 0 Å². The summed E-state index contributed by atoms with van der Waals surface area (Å²) < 4.78 is 4.96. The normalized spacial score (nSPS) is 29.3. The predicted molar refractivity (Wildman–Crippen MR) is 82.2 cm³/mol. The Hall–Kier alpha value is -0.220. The molecule has 0 aliphatic heterocycles. The van der Waals surface area contributed by atoms with E-state index in [9.17, 15) is 4.79 Å². The maximum Gasteiger partial charge on any atom is 0.323 e. The van der Waals surface area contributed by atoms with E-state index in [1.54, 1.807) is 0 Å². The van der Waals surface area contributed by atoms with Crippen molar-refractivity contribution < 1.29 is 9.53 Å². The maximum atomic E-state index is 11.5. The molecular formula is C15H29NO2S. The van der Waals surface area contributed by atoms with E-state index in [0.717, 1.165) is 11.8 Å². The molecule has 3 nitrogen and oxygen atoms in total. The summed E-state index contributed by atoms with van der Waals surface area (Å²) in [6.07, 6.45) is 3.90. The van der Waals surface area contributed by atoms with Gasteiger partial charge in [0.05, 0.1) is 6.61 Å². The van der Waals surface area contributed by atoms with Crippen molar-refractivity contribution in [2.45, 2.75) is 58.2 Å². The van der Waals surface area contributed by atoms with E-state index in [2.05, 4.69) is 20.8 Å². The van der Waals surface area contributed by atoms with E-state index >= 15 is 0 Å². The lowest BCUT2D eigenvalue weighted by Crippen LogP contribution is -2.37. The van der Waals surface area contributed by atoms with Crippen LogP contribution in [0, 0.1) is 17.8 Å². The fourth-order valence-corrected chi connectivity index (χ4v) is 4.60. The van der Waals surface area contributed by atoms with E-state index in [1.165, 1.54) is 19.3 Å². The van der Waals surface area contributed by atoms with Crippen LogP contribution in [0.3, 0.4) is 0 Å². The largest absolute Gasteiger partial charge is 0.465 e. The lowest BCUT2D eigenvalue weighted by Gasteiger charge is -2.37. The Morgan fingerprint density at radius 3 is 2.68 bits per heavy atom. The molecule has 0 aromatic rings. The Balaban J connectivity index is 2.46. The number of hydrogen-bond donors (Lipinski definition) is 1. The van der Waals surface area contributed by atoms with Crippen molar-refractivity contribution >= 4 is 17.7 Å². The van der Waals surface area contributed by atoms with Crippen LogP contribution in [-0.2, 0) is 9.53 Å². The van der Waals surface area contributed by atoms with Crippen LogP contribution in [0.2, 0.25) is 0 Å². The van der Waals surface area contributed by atoms with Gasteiger partial charge in [-0.3, -0.25) is 4.79 Å². The molecule has 4 heteroatoms. The average molecular weight is 287 g/mol. The number of carbonyl (C=O) groups is 1. The Labute approximate surface area is 122 Å². The second-order valence-electron chi connectivity index (χ2n) is 6.06. The molecule has 1 rings (SSSR count). The summed E-state index contributed by atoms with van der Waals surface area (Å²) in [5, 5.41) is 0.643. The molecule has 19 heavy (non-hydrogen) atoms. The Kier molecular flexibility index (Phi) is 7.22. The van der Waals surface area contributed by atoms with Crippen molar-refractivity contribution in [3.05, 3.63) is 0 Å². The molecule has 1 fully saturated rings. The zero-order valence-electron chi connectivity index (χ0n) is 12.7.